The van der Waals surface area contributed by atoms with Gasteiger partial charge < -0.3 is 0 Å². The van der Waals surface area contributed by atoms with Gasteiger partial charge in [0, 0.05) is 8.07 Å². The highest BCUT2D eigenvalue weighted by atomic mass is 28.3. The van der Waals surface area contributed by atoms with Crippen LogP contribution < -0.4 is 0 Å². The fourth-order valence-corrected chi connectivity index (χ4v) is 4.77. The zero-order valence-electron chi connectivity index (χ0n) is 7.71. The van der Waals surface area contributed by atoms with Crippen LogP contribution in [0.25, 0.3) is 0 Å². The molecule has 0 bridgehead atoms. The summed E-state index contributed by atoms with van der Waals surface area (Å²) in [6.45, 7) is 14.3. The van der Waals surface area contributed by atoms with Crippen LogP contribution in [0.15, 0.2) is 0 Å². The number of hydrogen-bond donors (Lipinski definition) is 0. The Labute approximate surface area is 60.7 Å². The first-order valence-electron chi connectivity index (χ1n) is 3.71. The quantitative estimate of drug-likeness (QED) is 0.495. The third-order valence-corrected chi connectivity index (χ3v) is 3.18. The molecule has 0 atom stereocenters. The van der Waals surface area contributed by atoms with Gasteiger partial charge in [-0.1, -0.05) is 46.5 Å². The maximum atomic E-state index is 2.43. The van der Waals surface area contributed by atoms with Crippen molar-refractivity contribution in [2.75, 3.05) is 0 Å². The maximum absolute atomic E-state index is 2.43. The summed E-state index contributed by atoms with van der Waals surface area (Å²) in [5.41, 5.74) is 0.546. The van der Waals surface area contributed by atoms with Gasteiger partial charge in [0.1, 0.15) is 0 Å². The summed E-state index contributed by atoms with van der Waals surface area (Å²) in [6, 6.07) is 1.43. The Kier molecular flexibility index (Phi) is 2.51. The van der Waals surface area contributed by atoms with Gasteiger partial charge in [-0.05, 0) is 5.41 Å². The lowest BCUT2D eigenvalue weighted by Gasteiger charge is -2.26. The topological polar surface area (TPSA) is 0 Å². The molecule has 0 unspecified atom stereocenters. The minimum Gasteiger partial charge on any atom is -0.0695 e. The highest BCUT2D eigenvalue weighted by Gasteiger charge is 2.21. The van der Waals surface area contributed by atoms with Crippen molar-refractivity contribution in [3.63, 3.8) is 0 Å². The second-order valence-corrected chi connectivity index (χ2v) is 10.8. The molecule has 1 heteroatoms. The van der Waals surface area contributed by atoms with Gasteiger partial charge in [-0.15, -0.1) is 0 Å². The van der Waals surface area contributed by atoms with E-state index in [-0.39, 0.29) is 0 Å². The molecule has 0 saturated carbocycles. The largest absolute Gasteiger partial charge is 0.0695 e. The van der Waals surface area contributed by atoms with E-state index in [2.05, 4.69) is 40.4 Å². The van der Waals surface area contributed by atoms with E-state index < -0.39 is 8.07 Å². The Bertz CT molecular complexity index is 69.7. The highest BCUT2D eigenvalue weighted by molar-refractivity contribution is 6.76. The molecule has 9 heavy (non-hydrogen) atoms. The monoisotopic (exact) mass is 144 g/mol. The molecule has 0 aliphatic rings. The van der Waals surface area contributed by atoms with Crippen molar-refractivity contribution in [2.45, 2.75) is 46.5 Å². The average Bonchev–Trinajstić information content (AvgIpc) is 1.14. The maximum Gasteiger partial charge on any atom is 0.0447 e. The lowest BCUT2D eigenvalue weighted by atomic mass is 10.0. The van der Waals surface area contributed by atoms with E-state index in [1.54, 1.807) is 0 Å². The Balaban J connectivity index is 3.75. The van der Waals surface area contributed by atoms with Crippen LogP contribution in [-0.4, -0.2) is 8.07 Å². The molecule has 0 spiro atoms. The molecule has 0 radical (unpaired) electrons. The van der Waals surface area contributed by atoms with E-state index in [1.807, 2.05) is 0 Å². The summed E-state index contributed by atoms with van der Waals surface area (Å²) in [7, 11) is -0.793. The molecular weight excluding hydrogens is 124 g/mol. The number of rotatable bonds is 1. The minimum atomic E-state index is -0.793. The molecule has 0 heterocycles. The van der Waals surface area contributed by atoms with Gasteiger partial charge in [0.05, 0.1) is 0 Å². The zero-order chi connectivity index (χ0) is 7.71. The van der Waals surface area contributed by atoms with Gasteiger partial charge >= 0.3 is 0 Å². The summed E-state index contributed by atoms with van der Waals surface area (Å²) in [5.74, 6) is 0. The molecule has 56 valence electrons. The smallest absolute Gasteiger partial charge is 0.0447 e. The van der Waals surface area contributed by atoms with Crippen molar-refractivity contribution in [3.8, 4) is 0 Å². The Morgan fingerprint density at radius 3 is 1.33 bits per heavy atom. The second-order valence-electron chi connectivity index (χ2n) is 5.30. The van der Waals surface area contributed by atoms with Crippen molar-refractivity contribution in [2.24, 2.45) is 5.41 Å². The van der Waals surface area contributed by atoms with Gasteiger partial charge in [-0.3, -0.25) is 0 Å². The molecule has 0 amide bonds. The van der Waals surface area contributed by atoms with E-state index in [0.29, 0.717) is 5.41 Å². The van der Waals surface area contributed by atoms with Crippen LogP contribution in [0.5, 0.6) is 0 Å². The summed E-state index contributed by atoms with van der Waals surface area (Å²) in [6.07, 6.45) is 0. The number of hydrogen-bond acceptors (Lipinski definition) is 0. The van der Waals surface area contributed by atoms with Gasteiger partial charge in [0.25, 0.3) is 0 Å². The predicted molar refractivity (Wildman–Crippen MR) is 47.6 cm³/mol. The Morgan fingerprint density at radius 2 is 1.33 bits per heavy atom. The average molecular weight is 144 g/mol. The SMILES string of the molecule is CC(C)(C)C[Si](C)(C)C. The molecule has 0 aliphatic heterocycles. The third-order valence-electron chi connectivity index (χ3n) is 1.06. The Hall–Kier alpha value is 0.217. The summed E-state index contributed by atoms with van der Waals surface area (Å²) in [4.78, 5) is 0. The molecule has 0 aliphatic carbocycles. The molecule has 0 N–H and O–H groups in total. The molecule has 0 nitrogen and oxygen atoms in total. The first kappa shape index (κ1) is 9.22. The normalized spacial score (nSPS) is 14.0. The van der Waals surface area contributed by atoms with Crippen molar-refractivity contribution in [1.82, 2.24) is 0 Å². The lowest BCUT2D eigenvalue weighted by Crippen LogP contribution is -2.26. The lowest BCUT2D eigenvalue weighted by molar-refractivity contribution is 0.461. The fraction of sp³-hybridized carbons (Fsp3) is 1.00. The van der Waals surface area contributed by atoms with Crippen LogP contribution in [0, 0.1) is 5.41 Å². The van der Waals surface area contributed by atoms with E-state index in [9.17, 15) is 0 Å². The molecule has 0 aromatic heterocycles. The first-order valence-corrected chi connectivity index (χ1v) is 7.41. The minimum absolute atomic E-state index is 0.546. The molecule has 0 saturated heterocycles. The summed E-state index contributed by atoms with van der Waals surface area (Å²) in [5, 5.41) is 0. The van der Waals surface area contributed by atoms with Gasteiger partial charge in [0.2, 0.25) is 0 Å². The standard InChI is InChI=1S/C8H20Si/c1-8(2,3)7-9(4,5)6/h7H2,1-6H3. The molecule has 0 aromatic rings. The van der Waals surface area contributed by atoms with Crippen LogP contribution in [0.4, 0.5) is 0 Å². The highest BCUT2D eigenvalue weighted by Crippen LogP contribution is 2.26. The first-order chi connectivity index (χ1) is 3.71. The van der Waals surface area contributed by atoms with Crippen LogP contribution in [0.3, 0.4) is 0 Å². The van der Waals surface area contributed by atoms with Gasteiger partial charge in [-0.25, -0.2) is 0 Å². The van der Waals surface area contributed by atoms with Crippen molar-refractivity contribution in [1.29, 1.82) is 0 Å². The van der Waals surface area contributed by atoms with E-state index in [1.165, 1.54) is 6.04 Å². The predicted octanol–water partition coefficient (Wildman–Crippen LogP) is 3.37. The Morgan fingerprint density at radius 1 is 1.00 bits per heavy atom. The molecule has 0 fully saturated rings. The van der Waals surface area contributed by atoms with Crippen LogP contribution in [0.1, 0.15) is 20.8 Å². The van der Waals surface area contributed by atoms with Gasteiger partial charge in [-0.2, -0.15) is 0 Å². The summed E-state index contributed by atoms with van der Waals surface area (Å²) < 4.78 is 0. The van der Waals surface area contributed by atoms with Crippen LogP contribution in [-0.2, 0) is 0 Å². The van der Waals surface area contributed by atoms with Crippen LogP contribution in [0.2, 0.25) is 25.7 Å². The van der Waals surface area contributed by atoms with E-state index in [0.717, 1.165) is 0 Å². The molecular formula is C8H20Si. The van der Waals surface area contributed by atoms with Gasteiger partial charge in [0.15, 0.2) is 0 Å². The van der Waals surface area contributed by atoms with Crippen molar-refractivity contribution in [3.05, 3.63) is 0 Å². The third kappa shape index (κ3) is 8.22. The van der Waals surface area contributed by atoms with E-state index in [4.69, 9.17) is 0 Å². The van der Waals surface area contributed by atoms with E-state index >= 15 is 0 Å². The fourth-order valence-electron chi connectivity index (χ4n) is 1.59. The molecule has 0 rings (SSSR count). The molecule has 0 aromatic carbocycles. The van der Waals surface area contributed by atoms with Crippen molar-refractivity contribution >= 4 is 8.07 Å². The zero-order valence-corrected chi connectivity index (χ0v) is 8.71. The van der Waals surface area contributed by atoms with Crippen molar-refractivity contribution < 1.29 is 0 Å². The second kappa shape index (κ2) is 2.45. The van der Waals surface area contributed by atoms with Crippen LogP contribution >= 0.6 is 0 Å². The summed E-state index contributed by atoms with van der Waals surface area (Å²) >= 11 is 0.